The van der Waals surface area contributed by atoms with Crippen molar-refractivity contribution in [2.24, 2.45) is 0 Å². The maximum absolute atomic E-state index is 15.3. The SMILES string of the molecule is Cc1cc(C)c(N2C(F)=CC(=c3ccc(=C4C=C(F)N(c5c(C)cc(C)cc5C)C(F)=C4)cc3)C=C2F)c(C)c1. The van der Waals surface area contributed by atoms with Crippen molar-refractivity contribution < 1.29 is 17.6 Å². The topological polar surface area (TPSA) is 6.48 Å². The lowest BCUT2D eigenvalue weighted by Crippen LogP contribution is -2.24. The van der Waals surface area contributed by atoms with Crippen molar-refractivity contribution in [3.63, 3.8) is 0 Å². The van der Waals surface area contributed by atoms with E-state index in [1.165, 1.54) is 24.3 Å². The Kier molecular flexibility index (Phi) is 7.05. The fraction of sp³-hybridized carbons (Fsp3) is 0.176. The minimum Gasteiger partial charge on any atom is -0.262 e. The molecule has 2 nitrogen and oxygen atoms in total. The van der Waals surface area contributed by atoms with Gasteiger partial charge in [0.2, 0.25) is 23.8 Å². The Morgan fingerprint density at radius 2 is 0.675 bits per heavy atom. The second-order valence-corrected chi connectivity index (χ2v) is 10.5. The van der Waals surface area contributed by atoms with Crippen molar-refractivity contribution in [1.29, 1.82) is 0 Å². The molecule has 0 saturated heterocycles. The van der Waals surface area contributed by atoms with Crippen LogP contribution in [0.25, 0.3) is 11.1 Å². The normalized spacial score (nSPS) is 15.7. The number of benzene rings is 3. The van der Waals surface area contributed by atoms with Crippen molar-refractivity contribution in [2.75, 3.05) is 9.80 Å². The molecule has 2 aliphatic heterocycles. The molecular weight excluding hydrogens is 512 g/mol. The average Bonchev–Trinajstić information content (AvgIpc) is 2.86. The number of nitrogens with zero attached hydrogens (tertiary/aromatic N) is 2. The lowest BCUT2D eigenvalue weighted by molar-refractivity contribution is 0.534. The number of hydrogen-bond donors (Lipinski definition) is 0. The van der Waals surface area contributed by atoms with Crippen LogP contribution < -0.4 is 20.2 Å². The number of hydrogen-bond acceptors (Lipinski definition) is 2. The maximum Gasteiger partial charge on any atom is 0.201 e. The summed E-state index contributed by atoms with van der Waals surface area (Å²) in [5.74, 6) is -2.92. The molecule has 0 fully saturated rings. The van der Waals surface area contributed by atoms with Gasteiger partial charge in [0.05, 0.1) is 11.4 Å². The van der Waals surface area contributed by atoms with Crippen LogP contribution in [-0.4, -0.2) is 0 Å². The van der Waals surface area contributed by atoms with Crippen LogP contribution in [0.2, 0.25) is 0 Å². The monoisotopic (exact) mass is 542 g/mol. The van der Waals surface area contributed by atoms with Crippen molar-refractivity contribution in [2.45, 2.75) is 41.5 Å². The second kappa shape index (κ2) is 10.3. The fourth-order valence-electron chi connectivity index (χ4n) is 5.72. The van der Waals surface area contributed by atoms with Gasteiger partial charge in [0, 0.05) is 0 Å². The van der Waals surface area contributed by atoms with Crippen LogP contribution in [0.4, 0.5) is 28.9 Å². The molecule has 204 valence electrons. The smallest absolute Gasteiger partial charge is 0.201 e. The predicted octanol–water partition coefficient (Wildman–Crippen LogP) is 8.12. The minimum atomic E-state index is -0.729. The summed E-state index contributed by atoms with van der Waals surface area (Å²) >= 11 is 0. The van der Waals surface area contributed by atoms with Crippen LogP contribution in [0.5, 0.6) is 0 Å². The molecule has 0 amide bonds. The van der Waals surface area contributed by atoms with Crippen molar-refractivity contribution in [3.8, 4) is 0 Å². The van der Waals surface area contributed by atoms with Gasteiger partial charge < -0.3 is 0 Å². The molecule has 2 heterocycles. The highest BCUT2D eigenvalue weighted by atomic mass is 19.2. The molecule has 0 aromatic heterocycles. The van der Waals surface area contributed by atoms with Crippen LogP contribution in [0.1, 0.15) is 33.4 Å². The molecule has 5 rings (SSSR count). The van der Waals surface area contributed by atoms with E-state index in [1.807, 2.05) is 65.8 Å². The van der Waals surface area contributed by atoms with Gasteiger partial charge in [-0.3, -0.25) is 9.80 Å². The maximum atomic E-state index is 15.3. The van der Waals surface area contributed by atoms with Gasteiger partial charge in [-0.1, -0.05) is 59.7 Å². The summed E-state index contributed by atoms with van der Waals surface area (Å²) in [4.78, 5) is 1.95. The third-order valence-corrected chi connectivity index (χ3v) is 7.22. The number of aryl methyl sites for hydroxylation is 6. The van der Waals surface area contributed by atoms with E-state index >= 15 is 17.6 Å². The van der Waals surface area contributed by atoms with E-state index in [-0.39, 0.29) is 0 Å². The zero-order valence-corrected chi connectivity index (χ0v) is 23.3. The number of rotatable bonds is 2. The van der Waals surface area contributed by atoms with Gasteiger partial charge in [0.1, 0.15) is 0 Å². The van der Waals surface area contributed by atoms with E-state index in [9.17, 15) is 0 Å². The average molecular weight is 543 g/mol. The Balaban J connectivity index is 1.52. The molecule has 40 heavy (non-hydrogen) atoms. The van der Waals surface area contributed by atoms with Gasteiger partial charge in [-0.15, -0.1) is 0 Å². The lowest BCUT2D eigenvalue weighted by Gasteiger charge is -2.27. The van der Waals surface area contributed by atoms with E-state index in [4.69, 9.17) is 0 Å². The Labute approximate surface area is 231 Å². The quantitative estimate of drug-likeness (QED) is 0.238. The molecule has 0 radical (unpaired) electrons. The summed E-state index contributed by atoms with van der Waals surface area (Å²) < 4.78 is 61.1. The van der Waals surface area contributed by atoms with Gasteiger partial charge >= 0.3 is 0 Å². The highest BCUT2D eigenvalue weighted by Gasteiger charge is 2.26. The van der Waals surface area contributed by atoms with E-state index < -0.39 is 23.8 Å². The second-order valence-electron chi connectivity index (χ2n) is 10.5. The Morgan fingerprint density at radius 3 is 0.925 bits per heavy atom. The highest BCUT2D eigenvalue weighted by Crippen LogP contribution is 2.37. The van der Waals surface area contributed by atoms with E-state index in [0.29, 0.717) is 33.0 Å². The van der Waals surface area contributed by atoms with Crippen LogP contribution in [-0.2, 0) is 0 Å². The molecule has 0 saturated carbocycles. The molecule has 0 N–H and O–H groups in total. The van der Waals surface area contributed by atoms with Crippen LogP contribution in [0.15, 0.2) is 96.6 Å². The predicted molar refractivity (Wildman–Crippen MR) is 156 cm³/mol. The first-order valence-corrected chi connectivity index (χ1v) is 13.0. The van der Waals surface area contributed by atoms with E-state index in [2.05, 4.69) is 0 Å². The zero-order valence-electron chi connectivity index (χ0n) is 23.3. The first-order chi connectivity index (χ1) is 18.9. The van der Waals surface area contributed by atoms with Crippen molar-refractivity contribution >= 4 is 22.5 Å². The van der Waals surface area contributed by atoms with Gasteiger partial charge in [0.15, 0.2) is 0 Å². The summed E-state index contributed by atoms with van der Waals surface area (Å²) in [6.45, 7) is 11.2. The third-order valence-electron chi connectivity index (χ3n) is 7.22. The fourth-order valence-corrected chi connectivity index (χ4v) is 5.72. The highest BCUT2D eigenvalue weighted by molar-refractivity contribution is 5.79. The van der Waals surface area contributed by atoms with Crippen LogP contribution in [0, 0.1) is 41.5 Å². The van der Waals surface area contributed by atoms with Gasteiger partial charge in [0.25, 0.3) is 0 Å². The lowest BCUT2D eigenvalue weighted by atomic mass is 10.0. The van der Waals surface area contributed by atoms with E-state index in [0.717, 1.165) is 43.2 Å². The molecule has 0 aliphatic carbocycles. The molecule has 0 unspecified atom stereocenters. The van der Waals surface area contributed by atoms with Gasteiger partial charge in [-0.05, 0) is 110 Å². The van der Waals surface area contributed by atoms with Gasteiger partial charge in [-0.25, -0.2) is 0 Å². The van der Waals surface area contributed by atoms with Crippen LogP contribution >= 0.6 is 0 Å². The molecule has 0 spiro atoms. The van der Waals surface area contributed by atoms with Crippen molar-refractivity contribution in [3.05, 3.63) is 140 Å². The standard InChI is InChI=1S/C34H30F4N2/c1-19-11-21(3)33(22(4)12-19)39-29(35)15-27(16-30(39)36)25-7-9-26(10-8-25)28-17-31(37)40(32(38)18-28)34-23(5)13-20(2)14-24(34)6/h7-18H,1-6H3. The molecule has 0 bridgehead atoms. The third kappa shape index (κ3) is 4.90. The summed E-state index contributed by atoms with van der Waals surface area (Å²) in [5.41, 5.74) is 6.79. The van der Waals surface area contributed by atoms with Gasteiger partial charge in [-0.2, -0.15) is 17.6 Å². The molecular formula is C34H30F4N2. The summed E-state index contributed by atoms with van der Waals surface area (Å²) in [7, 11) is 0. The minimum absolute atomic E-state index is 0.355. The van der Waals surface area contributed by atoms with Crippen LogP contribution in [0.3, 0.4) is 0 Å². The van der Waals surface area contributed by atoms with E-state index in [1.54, 1.807) is 24.3 Å². The summed E-state index contributed by atoms with van der Waals surface area (Å²) in [6, 6.07) is 14.3. The largest absolute Gasteiger partial charge is 0.262 e. The number of halogens is 4. The molecule has 0 atom stereocenters. The first-order valence-electron chi connectivity index (χ1n) is 13.0. The Morgan fingerprint density at radius 1 is 0.425 bits per heavy atom. The Bertz CT molecular complexity index is 1560. The zero-order chi connectivity index (χ0) is 28.9. The molecule has 2 aliphatic rings. The molecule has 3 aromatic carbocycles. The number of anilines is 2. The molecule has 3 aromatic rings. The molecule has 6 heteroatoms. The Hall–Kier alpha value is -4.32. The summed E-state index contributed by atoms with van der Waals surface area (Å²) in [6.07, 6.45) is 5.14. The number of allylic oxidation sites excluding steroid dienone is 4. The first kappa shape index (κ1) is 27.3. The van der Waals surface area contributed by atoms with Crippen molar-refractivity contribution in [1.82, 2.24) is 0 Å². The summed E-state index contributed by atoms with van der Waals surface area (Å²) in [5, 5.41) is 1.15.